The average molecular weight is 445 g/mol. The molecule has 0 aliphatic carbocycles. The van der Waals surface area contributed by atoms with Crippen LogP contribution < -0.4 is 4.74 Å². The Morgan fingerprint density at radius 2 is 1.81 bits per heavy atom. The summed E-state index contributed by atoms with van der Waals surface area (Å²) in [6.45, 7) is 4.42. The number of hydrogen-bond donors (Lipinski definition) is 2. The van der Waals surface area contributed by atoms with E-state index in [0.717, 1.165) is 4.90 Å². The first kappa shape index (κ1) is 23.5. The lowest BCUT2D eigenvalue weighted by molar-refractivity contribution is -0.153. The van der Waals surface area contributed by atoms with Crippen LogP contribution >= 0.6 is 0 Å². The van der Waals surface area contributed by atoms with Crippen molar-refractivity contribution in [1.82, 2.24) is 4.90 Å². The van der Waals surface area contributed by atoms with Crippen LogP contribution in [0.2, 0.25) is 0 Å². The highest BCUT2D eigenvalue weighted by Crippen LogP contribution is 2.44. The number of halogens is 1. The minimum absolute atomic E-state index is 0.0616. The molecule has 0 radical (unpaired) electrons. The maximum Gasteiger partial charge on any atom is 0.411 e. The topological polar surface area (TPSA) is 96.3 Å². The first-order valence-corrected chi connectivity index (χ1v) is 10.4. The van der Waals surface area contributed by atoms with Gasteiger partial charge in [-0.15, -0.1) is 0 Å². The molecule has 1 aliphatic heterocycles. The van der Waals surface area contributed by atoms with E-state index in [1.165, 1.54) is 6.07 Å². The zero-order valence-corrected chi connectivity index (χ0v) is 18.4. The molecule has 2 aromatic rings. The summed E-state index contributed by atoms with van der Waals surface area (Å²) in [5.74, 6) is -1.12. The third kappa shape index (κ3) is 4.85. The third-order valence-electron chi connectivity index (χ3n) is 5.47. The Balaban J connectivity index is 1.82. The molecule has 8 heteroatoms. The van der Waals surface area contributed by atoms with Gasteiger partial charge >= 0.3 is 12.1 Å². The molecule has 0 spiro atoms. The number of aliphatic hydroxyl groups excluding tert-OH is 1. The van der Waals surface area contributed by atoms with Crippen molar-refractivity contribution in [3.05, 3.63) is 65.5 Å². The Morgan fingerprint density at radius 3 is 2.38 bits per heavy atom. The number of aliphatic hydroxyl groups is 1. The molecular weight excluding hydrogens is 417 g/mol. The fourth-order valence-corrected chi connectivity index (χ4v) is 3.85. The minimum Gasteiger partial charge on any atom is -0.489 e. The van der Waals surface area contributed by atoms with Crippen LogP contribution in [0.15, 0.2) is 48.5 Å². The van der Waals surface area contributed by atoms with Gasteiger partial charge in [0.2, 0.25) is 0 Å². The number of aliphatic carboxylic acids is 1. The Kier molecular flexibility index (Phi) is 6.74. The van der Waals surface area contributed by atoms with E-state index in [-0.39, 0.29) is 18.8 Å². The van der Waals surface area contributed by atoms with Gasteiger partial charge in [-0.25, -0.2) is 14.0 Å². The number of carbonyl (C=O) groups excluding carboxylic acids is 1. The number of amides is 1. The molecule has 7 nitrogen and oxygen atoms in total. The number of carbonyl (C=O) groups is 2. The maximum absolute atomic E-state index is 13.8. The SMILES string of the molecule is CC(C)(C)OC(=O)N1[C@@H](c2ccc(OCc3ccccc3F)cc2)CC[C@@]1(CO)C(=O)O. The van der Waals surface area contributed by atoms with Crippen LogP contribution in [0.5, 0.6) is 5.75 Å². The van der Waals surface area contributed by atoms with Gasteiger partial charge in [-0.2, -0.15) is 0 Å². The Labute approximate surface area is 186 Å². The standard InChI is InChI=1S/C24H28FNO6/c1-23(2,3)32-22(30)26-20(12-13-24(26,15-27)21(28)29)16-8-10-18(11-9-16)31-14-17-6-4-5-7-19(17)25/h4-11,20,27H,12-15H2,1-3H3,(H,28,29)/t20-,24-/m1/s1. The number of carboxylic acid groups (broad SMARTS) is 1. The van der Waals surface area contributed by atoms with Crippen molar-refractivity contribution < 1.29 is 33.7 Å². The molecule has 2 N–H and O–H groups in total. The van der Waals surface area contributed by atoms with Gasteiger partial charge < -0.3 is 19.7 Å². The largest absolute Gasteiger partial charge is 0.489 e. The summed E-state index contributed by atoms with van der Waals surface area (Å²) in [7, 11) is 0. The van der Waals surface area contributed by atoms with Gasteiger partial charge in [0.15, 0.2) is 5.54 Å². The third-order valence-corrected chi connectivity index (χ3v) is 5.47. The van der Waals surface area contributed by atoms with Gasteiger partial charge in [0.05, 0.1) is 12.6 Å². The van der Waals surface area contributed by atoms with Crippen LogP contribution in [0.1, 0.15) is 50.8 Å². The second kappa shape index (κ2) is 9.16. The Hall–Kier alpha value is -3.13. The van der Waals surface area contributed by atoms with Crippen molar-refractivity contribution in [2.45, 2.75) is 57.4 Å². The lowest BCUT2D eigenvalue weighted by atomic mass is 9.98. The number of nitrogens with zero attached hydrogens (tertiary/aromatic N) is 1. The van der Waals surface area contributed by atoms with Crippen molar-refractivity contribution in [3.63, 3.8) is 0 Å². The van der Waals surface area contributed by atoms with E-state index in [0.29, 0.717) is 23.3 Å². The van der Waals surface area contributed by atoms with E-state index >= 15 is 0 Å². The average Bonchev–Trinajstić information content (AvgIpc) is 3.13. The van der Waals surface area contributed by atoms with Crippen LogP contribution in [0.3, 0.4) is 0 Å². The highest BCUT2D eigenvalue weighted by atomic mass is 19.1. The predicted molar refractivity (Wildman–Crippen MR) is 115 cm³/mol. The summed E-state index contributed by atoms with van der Waals surface area (Å²) >= 11 is 0. The van der Waals surface area contributed by atoms with Gasteiger partial charge in [0.25, 0.3) is 0 Å². The molecule has 2 atom stereocenters. The number of rotatable bonds is 6. The van der Waals surface area contributed by atoms with E-state index in [4.69, 9.17) is 9.47 Å². The van der Waals surface area contributed by atoms with Crippen molar-refractivity contribution >= 4 is 12.1 Å². The molecule has 0 unspecified atom stereocenters. The van der Waals surface area contributed by atoms with Gasteiger partial charge in [-0.1, -0.05) is 30.3 Å². The molecule has 1 heterocycles. The van der Waals surface area contributed by atoms with E-state index in [1.807, 2.05) is 0 Å². The zero-order valence-electron chi connectivity index (χ0n) is 18.4. The number of ether oxygens (including phenoxy) is 2. The summed E-state index contributed by atoms with van der Waals surface area (Å²) < 4.78 is 24.9. The summed E-state index contributed by atoms with van der Waals surface area (Å²) in [6.07, 6.45) is -0.355. The molecule has 172 valence electrons. The summed E-state index contributed by atoms with van der Waals surface area (Å²) in [5.41, 5.74) is -1.47. The van der Waals surface area contributed by atoms with Crippen LogP contribution in [0.25, 0.3) is 0 Å². The first-order valence-electron chi connectivity index (χ1n) is 10.4. The van der Waals surface area contributed by atoms with Crippen molar-refractivity contribution in [2.75, 3.05) is 6.61 Å². The summed E-state index contributed by atoms with van der Waals surface area (Å²) in [5, 5.41) is 19.8. The fourth-order valence-electron chi connectivity index (χ4n) is 3.85. The Bertz CT molecular complexity index is 971. The second-order valence-electron chi connectivity index (χ2n) is 8.85. The molecule has 1 amide bonds. The van der Waals surface area contributed by atoms with Gasteiger partial charge in [0, 0.05) is 5.56 Å². The molecule has 32 heavy (non-hydrogen) atoms. The van der Waals surface area contributed by atoms with Crippen LogP contribution in [0.4, 0.5) is 9.18 Å². The van der Waals surface area contributed by atoms with Crippen molar-refractivity contribution in [2.24, 2.45) is 0 Å². The molecule has 1 fully saturated rings. The quantitative estimate of drug-likeness (QED) is 0.689. The highest BCUT2D eigenvalue weighted by molar-refractivity contribution is 5.86. The molecule has 0 aromatic heterocycles. The monoisotopic (exact) mass is 445 g/mol. The molecule has 1 saturated heterocycles. The molecular formula is C24H28FNO6. The maximum atomic E-state index is 13.8. The number of benzene rings is 2. The van der Waals surface area contributed by atoms with E-state index in [2.05, 4.69) is 0 Å². The van der Waals surface area contributed by atoms with Gasteiger partial charge in [0.1, 0.15) is 23.8 Å². The van der Waals surface area contributed by atoms with E-state index in [1.54, 1.807) is 63.2 Å². The van der Waals surface area contributed by atoms with E-state index < -0.39 is 35.9 Å². The molecule has 1 aliphatic rings. The molecule has 2 aromatic carbocycles. The number of carboxylic acids is 1. The second-order valence-corrected chi connectivity index (χ2v) is 8.85. The van der Waals surface area contributed by atoms with Crippen molar-refractivity contribution in [3.8, 4) is 5.75 Å². The highest BCUT2D eigenvalue weighted by Gasteiger charge is 2.55. The lowest BCUT2D eigenvalue weighted by Crippen LogP contribution is -2.57. The minimum atomic E-state index is -1.76. The molecule has 0 bridgehead atoms. The fraction of sp³-hybridized carbons (Fsp3) is 0.417. The number of hydrogen-bond acceptors (Lipinski definition) is 5. The molecule has 0 saturated carbocycles. The predicted octanol–water partition coefficient (Wildman–Crippen LogP) is 4.29. The summed E-state index contributed by atoms with van der Waals surface area (Å²) in [6, 6.07) is 12.6. The first-order chi connectivity index (χ1) is 15.1. The van der Waals surface area contributed by atoms with Crippen LogP contribution in [-0.2, 0) is 16.1 Å². The molecule has 3 rings (SSSR count). The zero-order chi connectivity index (χ0) is 23.5. The lowest BCUT2D eigenvalue weighted by Gasteiger charge is -2.37. The van der Waals surface area contributed by atoms with Gasteiger partial charge in [-0.05, 0) is 57.4 Å². The van der Waals surface area contributed by atoms with Gasteiger partial charge in [-0.3, -0.25) is 4.90 Å². The Morgan fingerprint density at radius 1 is 1.16 bits per heavy atom. The van der Waals surface area contributed by atoms with E-state index in [9.17, 15) is 24.2 Å². The summed E-state index contributed by atoms with van der Waals surface area (Å²) in [4.78, 5) is 26.1. The normalized spacial score (nSPS) is 20.8. The van der Waals surface area contributed by atoms with Crippen molar-refractivity contribution in [1.29, 1.82) is 0 Å². The number of likely N-dealkylation sites (tertiary alicyclic amines) is 1. The smallest absolute Gasteiger partial charge is 0.411 e. The van der Waals surface area contributed by atoms with Crippen LogP contribution in [-0.4, -0.2) is 44.9 Å². The van der Waals surface area contributed by atoms with Crippen LogP contribution in [0, 0.1) is 5.82 Å².